The fraction of sp³-hybridized carbons (Fsp3) is 0.214. The SMILES string of the molecule is CC(C/C(=C(/C#N)C(=O)O)c1sccc1Br)c1nccs1. The van der Waals surface area contributed by atoms with E-state index in [0.29, 0.717) is 12.0 Å². The van der Waals surface area contributed by atoms with Gasteiger partial charge in [0.05, 0.1) is 5.01 Å². The van der Waals surface area contributed by atoms with E-state index in [9.17, 15) is 15.2 Å². The van der Waals surface area contributed by atoms with Crippen molar-refractivity contribution in [1.82, 2.24) is 4.98 Å². The van der Waals surface area contributed by atoms with Crippen LogP contribution < -0.4 is 0 Å². The summed E-state index contributed by atoms with van der Waals surface area (Å²) in [4.78, 5) is 16.4. The van der Waals surface area contributed by atoms with E-state index < -0.39 is 5.97 Å². The zero-order valence-corrected chi connectivity index (χ0v) is 14.3. The largest absolute Gasteiger partial charge is 0.477 e. The molecule has 1 N–H and O–H groups in total. The van der Waals surface area contributed by atoms with Crippen LogP contribution in [0, 0.1) is 11.3 Å². The molecule has 0 fully saturated rings. The van der Waals surface area contributed by atoms with Gasteiger partial charge < -0.3 is 5.11 Å². The van der Waals surface area contributed by atoms with Gasteiger partial charge in [0.2, 0.25) is 0 Å². The molecule has 2 heterocycles. The van der Waals surface area contributed by atoms with Gasteiger partial charge in [0.15, 0.2) is 0 Å². The quantitative estimate of drug-likeness (QED) is 0.608. The Bertz CT molecular complexity index is 714. The number of aromatic nitrogens is 1. The number of rotatable bonds is 5. The van der Waals surface area contributed by atoms with Crippen LogP contribution in [0.5, 0.6) is 0 Å². The molecule has 2 aromatic heterocycles. The smallest absolute Gasteiger partial charge is 0.346 e. The summed E-state index contributed by atoms with van der Waals surface area (Å²) in [5.41, 5.74) is 0.344. The topological polar surface area (TPSA) is 74.0 Å². The van der Waals surface area contributed by atoms with E-state index in [-0.39, 0.29) is 11.5 Å². The molecule has 0 aliphatic carbocycles. The summed E-state index contributed by atoms with van der Waals surface area (Å²) in [5.74, 6) is -1.14. The third kappa shape index (κ3) is 3.59. The second-order valence-corrected chi connectivity index (χ2v) is 7.04. The van der Waals surface area contributed by atoms with Crippen molar-refractivity contribution < 1.29 is 9.90 Å². The van der Waals surface area contributed by atoms with E-state index in [4.69, 9.17) is 0 Å². The van der Waals surface area contributed by atoms with Crippen molar-refractivity contribution >= 4 is 50.1 Å². The molecule has 7 heteroatoms. The monoisotopic (exact) mass is 382 g/mol. The van der Waals surface area contributed by atoms with Crippen molar-refractivity contribution in [3.05, 3.63) is 43.0 Å². The van der Waals surface area contributed by atoms with Crippen molar-refractivity contribution in [3.63, 3.8) is 0 Å². The van der Waals surface area contributed by atoms with Gasteiger partial charge in [-0.2, -0.15) is 5.26 Å². The van der Waals surface area contributed by atoms with E-state index in [2.05, 4.69) is 20.9 Å². The summed E-state index contributed by atoms with van der Waals surface area (Å²) < 4.78 is 0.808. The lowest BCUT2D eigenvalue weighted by Crippen LogP contribution is -2.05. The number of nitrogens with zero attached hydrogens (tertiary/aromatic N) is 2. The fourth-order valence-corrected chi connectivity index (χ4v) is 4.31. The van der Waals surface area contributed by atoms with Gasteiger partial charge >= 0.3 is 5.97 Å². The highest BCUT2D eigenvalue weighted by atomic mass is 79.9. The van der Waals surface area contributed by atoms with Gasteiger partial charge in [-0.1, -0.05) is 6.92 Å². The number of aliphatic carboxylic acids is 1. The van der Waals surface area contributed by atoms with Gasteiger partial charge in [-0.15, -0.1) is 22.7 Å². The van der Waals surface area contributed by atoms with E-state index in [0.717, 1.165) is 14.4 Å². The Morgan fingerprint density at radius 1 is 1.52 bits per heavy atom. The molecular weight excluding hydrogens is 372 g/mol. The Morgan fingerprint density at radius 2 is 2.29 bits per heavy atom. The predicted octanol–water partition coefficient (Wildman–Crippen LogP) is 4.52. The number of carbonyl (C=O) groups is 1. The maximum atomic E-state index is 11.3. The summed E-state index contributed by atoms with van der Waals surface area (Å²) in [6.07, 6.45) is 2.19. The average Bonchev–Trinajstić information content (AvgIpc) is 3.08. The molecule has 21 heavy (non-hydrogen) atoms. The molecule has 0 aliphatic heterocycles. The van der Waals surface area contributed by atoms with Gasteiger partial charge in [-0.05, 0) is 39.4 Å². The van der Waals surface area contributed by atoms with Crippen molar-refractivity contribution in [3.8, 4) is 6.07 Å². The third-order valence-corrected chi connectivity index (χ3v) is 5.81. The standard InChI is InChI=1S/C14H11BrN2O2S2/c1-8(13-17-3-5-21-13)6-9(10(7-16)14(18)19)12-11(15)2-4-20-12/h2-5,8H,6H2,1H3,(H,18,19)/b10-9+. The first-order chi connectivity index (χ1) is 10.0. The lowest BCUT2D eigenvalue weighted by molar-refractivity contribution is -0.132. The number of carboxylic acid groups (broad SMARTS) is 1. The van der Waals surface area contributed by atoms with Crippen molar-refractivity contribution in [2.75, 3.05) is 0 Å². The van der Waals surface area contributed by atoms with Crippen molar-refractivity contribution in [2.45, 2.75) is 19.3 Å². The molecule has 2 aromatic rings. The van der Waals surface area contributed by atoms with Gasteiger partial charge in [0, 0.05) is 26.8 Å². The Morgan fingerprint density at radius 3 is 2.76 bits per heavy atom. The van der Waals surface area contributed by atoms with Crippen LogP contribution in [-0.4, -0.2) is 16.1 Å². The second kappa shape index (κ2) is 6.98. The maximum Gasteiger partial charge on any atom is 0.346 e. The molecule has 0 amide bonds. The molecule has 4 nitrogen and oxygen atoms in total. The average molecular weight is 383 g/mol. The molecular formula is C14H11BrN2O2S2. The van der Waals surface area contributed by atoms with Crippen LogP contribution in [0.1, 0.15) is 29.1 Å². The first-order valence-corrected chi connectivity index (χ1v) is 8.59. The minimum atomic E-state index is -1.20. The summed E-state index contributed by atoms with van der Waals surface area (Å²) in [6.45, 7) is 1.98. The minimum absolute atomic E-state index is 0.0525. The van der Waals surface area contributed by atoms with Crippen LogP contribution in [0.4, 0.5) is 0 Å². The van der Waals surface area contributed by atoms with E-state index >= 15 is 0 Å². The Balaban J connectivity index is 2.45. The minimum Gasteiger partial charge on any atom is -0.477 e. The zero-order valence-electron chi connectivity index (χ0n) is 11.0. The summed E-state index contributed by atoms with van der Waals surface area (Å²) >= 11 is 6.36. The lowest BCUT2D eigenvalue weighted by Gasteiger charge is -2.12. The Hall–Kier alpha value is -1.49. The van der Waals surface area contributed by atoms with Crippen LogP contribution in [0.15, 0.2) is 33.1 Å². The van der Waals surface area contributed by atoms with Crippen LogP contribution in [-0.2, 0) is 4.79 Å². The Labute approximate surface area is 138 Å². The van der Waals surface area contributed by atoms with Gasteiger partial charge in [0.1, 0.15) is 11.6 Å². The van der Waals surface area contributed by atoms with E-state index in [1.807, 2.05) is 29.8 Å². The van der Waals surface area contributed by atoms with Crippen LogP contribution in [0.2, 0.25) is 0 Å². The van der Waals surface area contributed by atoms with Gasteiger partial charge in [-0.3, -0.25) is 0 Å². The molecule has 1 unspecified atom stereocenters. The zero-order chi connectivity index (χ0) is 15.4. The van der Waals surface area contributed by atoms with Crippen molar-refractivity contribution in [2.24, 2.45) is 0 Å². The number of thiazole rings is 1. The molecule has 0 saturated carbocycles. The van der Waals surface area contributed by atoms with Crippen molar-refractivity contribution in [1.29, 1.82) is 5.26 Å². The third-order valence-electron chi connectivity index (χ3n) is 2.90. The first kappa shape index (κ1) is 15.9. The molecule has 108 valence electrons. The molecule has 0 saturated heterocycles. The van der Waals surface area contributed by atoms with Crippen LogP contribution in [0.25, 0.3) is 5.57 Å². The molecule has 0 bridgehead atoms. The summed E-state index contributed by atoms with van der Waals surface area (Å²) in [6, 6.07) is 3.67. The number of carboxylic acids is 1. The number of thiophene rings is 1. The van der Waals surface area contributed by atoms with E-state index in [1.165, 1.54) is 22.7 Å². The number of nitriles is 1. The highest BCUT2D eigenvalue weighted by molar-refractivity contribution is 9.10. The van der Waals surface area contributed by atoms with E-state index in [1.54, 1.807) is 6.20 Å². The summed E-state index contributed by atoms with van der Waals surface area (Å²) in [7, 11) is 0. The number of halogens is 1. The van der Waals surface area contributed by atoms with Crippen LogP contribution >= 0.6 is 38.6 Å². The molecule has 0 radical (unpaired) electrons. The normalized spacial score (nSPS) is 13.4. The molecule has 0 aliphatic rings. The Kier molecular flexibility index (Phi) is 5.28. The molecule has 2 rings (SSSR count). The first-order valence-electron chi connectivity index (χ1n) is 6.03. The fourth-order valence-electron chi connectivity index (χ4n) is 1.93. The maximum absolute atomic E-state index is 11.3. The lowest BCUT2D eigenvalue weighted by atomic mass is 9.96. The molecule has 0 aromatic carbocycles. The molecule has 0 spiro atoms. The van der Waals surface area contributed by atoms with Gasteiger partial charge in [0.25, 0.3) is 0 Å². The molecule has 1 atom stereocenters. The van der Waals surface area contributed by atoms with Gasteiger partial charge in [-0.25, -0.2) is 9.78 Å². The van der Waals surface area contributed by atoms with Crippen LogP contribution in [0.3, 0.4) is 0 Å². The number of hydrogen-bond acceptors (Lipinski definition) is 5. The second-order valence-electron chi connectivity index (χ2n) is 4.34. The highest BCUT2D eigenvalue weighted by Gasteiger charge is 2.22. The number of hydrogen-bond donors (Lipinski definition) is 1. The number of allylic oxidation sites excluding steroid dienone is 1. The predicted molar refractivity (Wildman–Crippen MR) is 87.3 cm³/mol. The highest BCUT2D eigenvalue weighted by Crippen LogP contribution is 2.38. The summed E-state index contributed by atoms with van der Waals surface area (Å²) in [5, 5.41) is 23.1.